The van der Waals surface area contributed by atoms with Gasteiger partial charge in [0.1, 0.15) is 17.3 Å². The minimum atomic E-state index is -0.639. The largest absolute Gasteiger partial charge is 0.483 e. The molecule has 0 unspecified atom stereocenters. The van der Waals surface area contributed by atoms with Gasteiger partial charge in [0.05, 0.1) is 0 Å². The summed E-state index contributed by atoms with van der Waals surface area (Å²) in [5.41, 5.74) is 0.323. The molecule has 20 heavy (non-hydrogen) atoms. The van der Waals surface area contributed by atoms with Crippen LogP contribution in [0.5, 0.6) is 5.75 Å². The first-order valence-electron chi connectivity index (χ1n) is 6.40. The standard InChI is InChI=1S/C16H18O3S/c1-11(17)19-16(2,3)14-6-4-13-9-15(18-10-20)7-5-12(13)8-14/h4-9,20H,10H2,1-3H3. The van der Waals surface area contributed by atoms with Crippen molar-refractivity contribution < 1.29 is 14.3 Å². The van der Waals surface area contributed by atoms with E-state index in [2.05, 4.69) is 12.6 Å². The van der Waals surface area contributed by atoms with Crippen molar-refractivity contribution in [3.8, 4) is 5.75 Å². The molecule has 2 rings (SSSR count). The van der Waals surface area contributed by atoms with Gasteiger partial charge in [0.25, 0.3) is 0 Å². The first-order valence-corrected chi connectivity index (χ1v) is 7.03. The number of benzene rings is 2. The molecule has 0 atom stereocenters. The summed E-state index contributed by atoms with van der Waals surface area (Å²) in [6, 6.07) is 11.9. The Kier molecular flexibility index (Phi) is 4.23. The van der Waals surface area contributed by atoms with Gasteiger partial charge < -0.3 is 9.47 Å². The molecule has 2 aromatic rings. The molecular weight excluding hydrogens is 272 g/mol. The zero-order valence-electron chi connectivity index (χ0n) is 11.8. The van der Waals surface area contributed by atoms with Crippen LogP contribution in [0.25, 0.3) is 10.8 Å². The van der Waals surface area contributed by atoms with E-state index < -0.39 is 5.60 Å². The summed E-state index contributed by atoms with van der Waals surface area (Å²) >= 11 is 4.04. The van der Waals surface area contributed by atoms with Crippen molar-refractivity contribution in [1.82, 2.24) is 0 Å². The predicted molar refractivity (Wildman–Crippen MR) is 83.2 cm³/mol. The number of esters is 1. The van der Waals surface area contributed by atoms with E-state index in [0.29, 0.717) is 5.94 Å². The second-order valence-corrected chi connectivity index (χ2v) is 5.36. The molecule has 0 spiro atoms. The molecule has 0 bridgehead atoms. The van der Waals surface area contributed by atoms with Gasteiger partial charge in [-0.1, -0.05) is 18.2 Å². The van der Waals surface area contributed by atoms with E-state index in [4.69, 9.17) is 9.47 Å². The van der Waals surface area contributed by atoms with Gasteiger partial charge in [-0.25, -0.2) is 0 Å². The first-order chi connectivity index (χ1) is 9.42. The lowest BCUT2D eigenvalue weighted by molar-refractivity contribution is -0.154. The van der Waals surface area contributed by atoms with Crippen molar-refractivity contribution in [1.29, 1.82) is 0 Å². The van der Waals surface area contributed by atoms with Crippen LogP contribution in [0.3, 0.4) is 0 Å². The third kappa shape index (κ3) is 3.25. The SMILES string of the molecule is CC(=O)OC(C)(C)c1ccc2cc(OCS)ccc2c1. The van der Waals surface area contributed by atoms with Crippen molar-refractivity contribution in [2.24, 2.45) is 0 Å². The first kappa shape index (κ1) is 14.7. The van der Waals surface area contributed by atoms with Crippen LogP contribution in [-0.2, 0) is 15.1 Å². The number of hydrogen-bond acceptors (Lipinski definition) is 4. The smallest absolute Gasteiger partial charge is 0.303 e. The maximum atomic E-state index is 11.2. The van der Waals surface area contributed by atoms with Gasteiger partial charge in [0.15, 0.2) is 0 Å². The summed E-state index contributed by atoms with van der Waals surface area (Å²) in [4.78, 5) is 11.2. The molecular formula is C16H18O3S. The highest BCUT2D eigenvalue weighted by atomic mass is 32.1. The Bertz CT molecular complexity index is 635. The Morgan fingerprint density at radius 3 is 2.45 bits per heavy atom. The van der Waals surface area contributed by atoms with Gasteiger partial charge in [-0.15, -0.1) is 12.6 Å². The number of fused-ring (bicyclic) bond motifs is 1. The molecule has 0 heterocycles. The van der Waals surface area contributed by atoms with Gasteiger partial charge in [0.2, 0.25) is 0 Å². The lowest BCUT2D eigenvalue weighted by atomic mass is 9.95. The second-order valence-electron chi connectivity index (χ2n) is 5.10. The molecule has 2 aromatic carbocycles. The number of ether oxygens (including phenoxy) is 2. The monoisotopic (exact) mass is 290 g/mol. The molecule has 106 valence electrons. The molecule has 0 aliphatic heterocycles. The Morgan fingerprint density at radius 1 is 1.15 bits per heavy atom. The molecule has 0 fully saturated rings. The number of thiol groups is 1. The average molecular weight is 290 g/mol. The van der Waals surface area contributed by atoms with Crippen LogP contribution in [0.2, 0.25) is 0 Å². The van der Waals surface area contributed by atoms with Crippen LogP contribution in [0.15, 0.2) is 36.4 Å². The Labute approximate surface area is 124 Å². The Hall–Kier alpha value is -1.68. The highest BCUT2D eigenvalue weighted by Gasteiger charge is 2.23. The van der Waals surface area contributed by atoms with Gasteiger partial charge in [-0.2, -0.15) is 0 Å². The topological polar surface area (TPSA) is 35.5 Å². The van der Waals surface area contributed by atoms with Crippen LogP contribution in [0.4, 0.5) is 0 Å². The van der Waals surface area contributed by atoms with Crippen LogP contribution in [-0.4, -0.2) is 11.9 Å². The van der Waals surface area contributed by atoms with Crippen LogP contribution in [0.1, 0.15) is 26.3 Å². The predicted octanol–water partition coefficient (Wildman–Crippen LogP) is 3.90. The summed E-state index contributed by atoms with van der Waals surface area (Å²) in [5.74, 6) is 0.857. The maximum Gasteiger partial charge on any atom is 0.303 e. The van der Waals surface area contributed by atoms with Crippen LogP contribution >= 0.6 is 12.6 Å². The lowest BCUT2D eigenvalue weighted by Gasteiger charge is -2.25. The summed E-state index contributed by atoms with van der Waals surface area (Å²) in [5, 5.41) is 2.15. The van der Waals surface area contributed by atoms with E-state index in [1.165, 1.54) is 6.92 Å². The van der Waals surface area contributed by atoms with Crippen molar-refractivity contribution >= 4 is 29.4 Å². The van der Waals surface area contributed by atoms with Crippen LogP contribution in [0, 0.1) is 0 Å². The molecule has 0 amide bonds. The number of rotatable bonds is 4. The van der Waals surface area contributed by atoms with E-state index in [1.807, 2.05) is 50.2 Å². The van der Waals surface area contributed by atoms with Crippen molar-refractivity contribution in [3.05, 3.63) is 42.0 Å². The Morgan fingerprint density at radius 2 is 1.80 bits per heavy atom. The fraction of sp³-hybridized carbons (Fsp3) is 0.312. The Balaban J connectivity index is 2.39. The van der Waals surface area contributed by atoms with Crippen molar-refractivity contribution in [2.45, 2.75) is 26.4 Å². The maximum absolute atomic E-state index is 11.2. The quantitative estimate of drug-likeness (QED) is 0.527. The van der Waals surface area contributed by atoms with Crippen molar-refractivity contribution in [3.63, 3.8) is 0 Å². The number of hydrogen-bond donors (Lipinski definition) is 1. The highest BCUT2D eigenvalue weighted by molar-refractivity contribution is 7.80. The fourth-order valence-corrected chi connectivity index (χ4v) is 2.33. The van der Waals surface area contributed by atoms with Gasteiger partial charge in [-0.05, 0) is 48.4 Å². The summed E-state index contributed by atoms with van der Waals surface area (Å²) < 4.78 is 10.7. The molecule has 0 N–H and O–H groups in total. The molecule has 0 aliphatic carbocycles. The molecule has 0 saturated carbocycles. The van der Waals surface area contributed by atoms with E-state index in [0.717, 1.165) is 22.1 Å². The molecule has 0 aromatic heterocycles. The zero-order chi connectivity index (χ0) is 14.8. The van der Waals surface area contributed by atoms with Crippen molar-refractivity contribution in [2.75, 3.05) is 5.94 Å². The van der Waals surface area contributed by atoms with E-state index >= 15 is 0 Å². The third-order valence-electron chi connectivity index (χ3n) is 3.14. The van der Waals surface area contributed by atoms with Crippen LogP contribution < -0.4 is 4.74 Å². The number of carbonyl (C=O) groups is 1. The van der Waals surface area contributed by atoms with Gasteiger partial charge >= 0.3 is 5.97 Å². The van der Waals surface area contributed by atoms with Gasteiger partial charge in [-0.3, -0.25) is 4.79 Å². The van der Waals surface area contributed by atoms with E-state index in [-0.39, 0.29) is 5.97 Å². The van der Waals surface area contributed by atoms with Gasteiger partial charge in [0, 0.05) is 6.92 Å². The van der Waals surface area contributed by atoms with E-state index in [9.17, 15) is 4.79 Å². The third-order valence-corrected chi connectivity index (χ3v) is 3.27. The molecule has 3 nitrogen and oxygen atoms in total. The highest BCUT2D eigenvalue weighted by Crippen LogP contribution is 2.29. The fourth-order valence-electron chi connectivity index (χ4n) is 2.18. The summed E-state index contributed by atoms with van der Waals surface area (Å²) in [6.45, 7) is 5.19. The zero-order valence-corrected chi connectivity index (χ0v) is 12.7. The minimum absolute atomic E-state index is 0.285. The molecule has 4 heteroatoms. The minimum Gasteiger partial charge on any atom is -0.483 e. The second kappa shape index (κ2) is 5.75. The average Bonchev–Trinajstić information content (AvgIpc) is 2.37. The number of carbonyl (C=O) groups excluding carboxylic acids is 1. The molecule has 0 radical (unpaired) electrons. The lowest BCUT2D eigenvalue weighted by Crippen LogP contribution is -2.24. The normalized spacial score (nSPS) is 11.4. The molecule has 0 aliphatic rings. The summed E-state index contributed by atoms with van der Waals surface area (Å²) in [7, 11) is 0. The summed E-state index contributed by atoms with van der Waals surface area (Å²) in [6.07, 6.45) is 0. The molecule has 0 saturated heterocycles. The van der Waals surface area contributed by atoms with E-state index in [1.54, 1.807) is 0 Å².